The number of carbonyl (C=O) groups is 1. The normalized spacial score (nSPS) is 23.3. The zero-order valence-corrected chi connectivity index (χ0v) is 23.2. The molecule has 2 rings (SSSR count). The largest absolute Gasteiger partial charge is 0.299 e. The molecule has 0 bridgehead atoms. The van der Waals surface area contributed by atoms with E-state index in [4.69, 9.17) is 21.6 Å². The summed E-state index contributed by atoms with van der Waals surface area (Å²) in [5.74, 6) is 1.86. The molecule has 0 aromatic heterocycles. The monoisotopic (exact) mass is 482 g/mol. The fourth-order valence-corrected chi connectivity index (χ4v) is 4.95. The van der Waals surface area contributed by atoms with Crippen LogP contribution in [0.4, 0.5) is 0 Å². The van der Waals surface area contributed by atoms with E-state index >= 15 is 0 Å². The van der Waals surface area contributed by atoms with Crippen LogP contribution >= 0.6 is 11.6 Å². The van der Waals surface area contributed by atoms with Gasteiger partial charge in [0, 0.05) is 34.2 Å². The van der Waals surface area contributed by atoms with E-state index in [9.17, 15) is 4.79 Å². The Morgan fingerprint density at radius 3 is 2.35 bits per heavy atom. The Bertz CT molecular complexity index is 988. The molecule has 0 heterocycles. The average Bonchev–Trinajstić information content (AvgIpc) is 3.56. The van der Waals surface area contributed by atoms with Gasteiger partial charge in [-0.3, -0.25) is 4.79 Å². The first-order valence-corrected chi connectivity index (χ1v) is 13.3. The predicted octanol–water partition coefficient (Wildman–Crippen LogP) is 9.07. The molecule has 0 aliphatic heterocycles. The number of nitrogens with zero attached hydrogens (tertiary/aromatic N) is 2. The molecule has 1 aromatic carbocycles. The molecule has 1 saturated carbocycles. The summed E-state index contributed by atoms with van der Waals surface area (Å²) in [5, 5.41) is 0.741. The molecule has 34 heavy (non-hydrogen) atoms. The second kappa shape index (κ2) is 12.6. The van der Waals surface area contributed by atoms with Crippen molar-refractivity contribution in [2.75, 3.05) is 0 Å². The van der Waals surface area contributed by atoms with Crippen molar-refractivity contribution in [3.8, 4) is 0 Å². The molecule has 4 unspecified atom stereocenters. The Labute approximate surface area is 212 Å². The van der Waals surface area contributed by atoms with E-state index < -0.39 is 0 Å². The number of allylic oxidation sites excluding steroid dienone is 4. The first kappa shape index (κ1) is 28.2. The van der Waals surface area contributed by atoms with E-state index in [0.29, 0.717) is 5.78 Å². The lowest BCUT2D eigenvalue weighted by Crippen LogP contribution is -2.24. The third kappa shape index (κ3) is 6.36. The Balaban J connectivity index is 2.32. The Morgan fingerprint density at radius 1 is 1.15 bits per heavy atom. The highest BCUT2D eigenvalue weighted by molar-refractivity contribution is 6.32. The number of Topliss-reactive ketones (excluding diaryl/α,β-unsaturated/α-hetero) is 1. The number of carbonyl (C=O) groups excluding carboxylic acids is 1. The van der Waals surface area contributed by atoms with Crippen molar-refractivity contribution in [2.45, 2.75) is 93.4 Å². The third-order valence-electron chi connectivity index (χ3n) is 7.44. The standard InChI is InChI=1S/C30H43ClN2O/c1-9-16-30(28(34)20(6)10-2)18-26(30)25-15-14-24(17-27(25)31)23(13-5)19-32-29(21(7)11-3)33-22(8)12-4/h12-15,17,19-21,26H,9-11,16,18H2,1-8H3/b22-12-,23-13+,32-19?,33-29?. The Kier molecular flexibility index (Phi) is 10.5. The number of hydrogen-bond acceptors (Lipinski definition) is 2. The molecule has 1 fully saturated rings. The topological polar surface area (TPSA) is 41.8 Å². The van der Waals surface area contributed by atoms with E-state index in [1.165, 1.54) is 0 Å². The summed E-state index contributed by atoms with van der Waals surface area (Å²) in [7, 11) is 0. The lowest BCUT2D eigenvalue weighted by molar-refractivity contribution is -0.128. The number of halogens is 1. The number of aliphatic imine (C=N–C) groups is 2. The van der Waals surface area contributed by atoms with Crippen molar-refractivity contribution >= 4 is 35.0 Å². The summed E-state index contributed by atoms with van der Waals surface area (Å²) >= 11 is 6.82. The number of amidine groups is 1. The maximum atomic E-state index is 13.2. The minimum atomic E-state index is -0.230. The summed E-state index contributed by atoms with van der Waals surface area (Å²) in [6, 6.07) is 6.26. The van der Waals surface area contributed by atoms with Crippen molar-refractivity contribution < 1.29 is 4.79 Å². The molecule has 0 saturated heterocycles. The quantitative estimate of drug-likeness (QED) is 0.229. The number of ketones is 1. The van der Waals surface area contributed by atoms with Gasteiger partial charge in [0.25, 0.3) is 0 Å². The van der Waals surface area contributed by atoms with Gasteiger partial charge in [0.05, 0.1) is 0 Å². The number of benzene rings is 1. The summed E-state index contributed by atoms with van der Waals surface area (Å²) in [5.41, 5.74) is 3.88. The van der Waals surface area contributed by atoms with Gasteiger partial charge in [0.15, 0.2) is 0 Å². The summed E-state index contributed by atoms with van der Waals surface area (Å²) < 4.78 is 0. The number of hydrogen-bond donors (Lipinski definition) is 0. The highest BCUT2D eigenvalue weighted by Crippen LogP contribution is 2.64. The van der Waals surface area contributed by atoms with Crippen LogP contribution in [-0.2, 0) is 4.79 Å². The van der Waals surface area contributed by atoms with Gasteiger partial charge in [0.1, 0.15) is 11.6 Å². The average molecular weight is 483 g/mol. The van der Waals surface area contributed by atoms with Gasteiger partial charge in [-0.1, -0.05) is 76.9 Å². The predicted molar refractivity (Wildman–Crippen MR) is 149 cm³/mol. The molecule has 1 aliphatic rings. The van der Waals surface area contributed by atoms with Gasteiger partial charge >= 0.3 is 0 Å². The first-order chi connectivity index (χ1) is 16.2. The second-order valence-corrected chi connectivity index (χ2v) is 10.2. The fourth-order valence-electron chi connectivity index (χ4n) is 4.64. The van der Waals surface area contributed by atoms with Crippen molar-refractivity contribution in [1.82, 2.24) is 0 Å². The minimum absolute atomic E-state index is 0.105. The zero-order chi connectivity index (χ0) is 25.5. The SMILES string of the molecule is C/C=C(/C)N=C(N=C/C(=C\C)c1ccc(C2CC2(CCC)C(=O)C(C)CC)c(Cl)c1)C(C)CC. The summed E-state index contributed by atoms with van der Waals surface area (Å²) in [4.78, 5) is 22.7. The smallest absolute Gasteiger partial charge is 0.142 e. The van der Waals surface area contributed by atoms with E-state index in [-0.39, 0.29) is 23.2 Å². The van der Waals surface area contributed by atoms with E-state index in [1.807, 2.05) is 39.1 Å². The highest BCUT2D eigenvalue weighted by atomic mass is 35.5. The van der Waals surface area contributed by atoms with Crippen LogP contribution in [0.3, 0.4) is 0 Å². The Morgan fingerprint density at radius 2 is 1.82 bits per heavy atom. The van der Waals surface area contributed by atoms with Crippen LogP contribution in [0.2, 0.25) is 5.02 Å². The van der Waals surface area contributed by atoms with Crippen molar-refractivity contribution in [2.24, 2.45) is 27.2 Å². The molecule has 4 heteroatoms. The summed E-state index contributed by atoms with van der Waals surface area (Å²) in [6.07, 6.45) is 10.7. The Hall–Kier alpha value is -2.00. The lowest BCUT2D eigenvalue weighted by atomic mass is 9.83. The van der Waals surface area contributed by atoms with Gasteiger partial charge < -0.3 is 0 Å². The van der Waals surface area contributed by atoms with Crippen LogP contribution in [0.1, 0.15) is 105 Å². The maximum absolute atomic E-state index is 13.2. The van der Waals surface area contributed by atoms with Gasteiger partial charge in [0.2, 0.25) is 0 Å². The molecule has 0 amide bonds. The van der Waals surface area contributed by atoms with E-state index in [2.05, 4.69) is 52.8 Å². The molecule has 0 spiro atoms. The van der Waals surface area contributed by atoms with Gasteiger partial charge in [-0.2, -0.15) is 0 Å². The lowest BCUT2D eigenvalue weighted by Gasteiger charge is -2.20. The summed E-state index contributed by atoms with van der Waals surface area (Å²) in [6.45, 7) is 16.6. The van der Waals surface area contributed by atoms with Crippen LogP contribution in [-0.4, -0.2) is 17.8 Å². The zero-order valence-electron chi connectivity index (χ0n) is 22.4. The third-order valence-corrected chi connectivity index (χ3v) is 7.77. The van der Waals surface area contributed by atoms with Gasteiger partial charge in [-0.25, -0.2) is 9.98 Å². The van der Waals surface area contributed by atoms with Crippen molar-refractivity contribution in [3.63, 3.8) is 0 Å². The number of rotatable bonds is 11. The molecular weight excluding hydrogens is 440 g/mol. The molecule has 1 aliphatic carbocycles. The first-order valence-electron chi connectivity index (χ1n) is 12.9. The van der Waals surface area contributed by atoms with Crippen molar-refractivity contribution in [1.29, 1.82) is 0 Å². The van der Waals surface area contributed by atoms with Crippen LogP contribution < -0.4 is 0 Å². The minimum Gasteiger partial charge on any atom is -0.299 e. The highest BCUT2D eigenvalue weighted by Gasteiger charge is 2.59. The molecule has 0 N–H and O–H groups in total. The van der Waals surface area contributed by atoms with Gasteiger partial charge in [-0.15, -0.1) is 0 Å². The van der Waals surface area contributed by atoms with Crippen LogP contribution in [0, 0.1) is 17.3 Å². The van der Waals surface area contributed by atoms with E-state index in [0.717, 1.165) is 65.4 Å². The van der Waals surface area contributed by atoms with Crippen LogP contribution in [0.25, 0.3) is 5.57 Å². The molecular formula is C30H43ClN2O. The molecule has 4 atom stereocenters. The van der Waals surface area contributed by atoms with Gasteiger partial charge in [-0.05, 0) is 75.1 Å². The molecule has 186 valence electrons. The molecule has 3 nitrogen and oxygen atoms in total. The van der Waals surface area contributed by atoms with Crippen LogP contribution in [0.5, 0.6) is 0 Å². The molecule has 1 aromatic rings. The van der Waals surface area contributed by atoms with Crippen LogP contribution in [0.15, 0.2) is 46.0 Å². The van der Waals surface area contributed by atoms with E-state index in [1.54, 1.807) is 0 Å². The fraction of sp³-hybridized carbons (Fsp3) is 0.567. The second-order valence-electron chi connectivity index (χ2n) is 9.78. The maximum Gasteiger partial charge on any atom is 0.142 e. The molecule has 0 radical (unpaired) electrons. The van der Waals surface area contributed by atoms with Crippen molar-refractivity contribution in [3.05, 3.63) is 52.2 Å².